The Kier molecular flexibility index (Phi) is 5.18. The molecule has 0 radical (unpaired) electrons. The van der Waals surface area contributed by atoms with Crippen LogP contribution in [0.5, 0.6) is 0 Å². The molecule has 0 aliphatic heterocycles. The molecule has 0 saturated heterocycles. The molecule has 7 heteroatoms. The van der Waals surface area contributed by atoms with Gasteiger partial charge in [-0.15, -0.1) is 0 Å². The molecule has 0 aromatic carbocycles. The molecule has 0 aromatic rings. The molecule has 6 nitrogen and oxygen atoms in total. The van der Waals surface area contributed by atoms with Crippen LogP contribution < -0.4 is 0 Å². The molecule has 0 amide bonds. The van der Waals surface area contributed by atoms with Crippen LogP contribution in [0, 0.1) is 0 Å². The van der Waals surface area contributed by atoms with Gasteiger partial charge in [0.25, 0.3) is 0 Å². The predicted molar refractivity (Wildman–Crippen MR) is 47.6 cm³/mol. The van der Waals surface area contributed by atoms with Crippen LogP contribution in [0.1, 0.15) is 19.8 Å². The molecule has 0 aliphatic carbocycles. The molecule has 0 aliphatic rings. The average Bonchev–Trinajstić information content (AvgIpc) is 2.01. The standard InChI is InChI=1S/C7H12O6S/c1-3-4-6(5-12-2)7(8)13-14(9,10)11/h5H,3-4H2,1-2H3,(H,9,10,11). The Balaban J connectivity index is 4.54. The fourth-order valence-corrected chi connectivity index (χ4v) is 1.07. The first kappa shape index (κ1) is 12.9. The summed E-state index contributed by atoms with van der Waals surface area (Å²) in [6.07, 6.45) is 2.01. The lowest BCUT2D eigenvalue weighted by Crippen LogP contribution is -2.14. The molecule has 0 atom stereocenters. The molecule has 14 heavy (non-hydrogen) atoms. The smallest absolute Gasteiger partial charge is 0.449 e. The van der Waals surface area contributed by atoms with Crippen molar-refractivity contribution in [2.75, 3.05) is 7.11 Å². The monoisotopic (exact) mass is 224 g/mol. The van der Waals surface area contributed by atoms with Gasteiger partial charge < -0.3 is 8.92 Å². The van der Waals surface area contributed by atoms with E-state index in [1.807, 2.05) is 0 Å². The zero-order valence-electron chi connectivity index (χ0n) is 7.89. The van der Waals surface area contributed by atoms with Crippen molar-refractivity contribution in [1.82, 2.24) is 0 Å². The normalized spacial score (nSPS) is 12.4. The number of ether oxygens (including phenoxy) is 1. The van der Waals surface area contributed by atoms with Crippen LogP contribution in [0.3, 0.4) is 0 Å². The third-order valence-electron chi connectivity index (χ3n) is 1.22. The van der Waals surface area contributed by atoms with E-state index in [0.29, 0.717) is 12.8 Å². The lowest BCUT2D eigenvalue weighted by molar-refractivity contribution is -0.130. The SMILES string of the molecule is CCCC(=COC)C(=O)OS(=O)(=O)O. The maximum absolute atomic E-state index is 11.0. The van der Waals surface area contributed by atoms with Crippen molar-refractivity contribution in [2.45, 2.75) is 19.8 Å². The zero-order valence-corrected chi connectivity index (χ0v) is 8.70. The molecular weight excluding hydrogens is 212 g/mol. The first-order chi connectivity index (χ1) is 6.40. The summed E-state index contributed by atoms with van der Waals surface area (Å²) in [5.74, 6) is -1.13. The van der Waals surface area contributed by atoms with E-state index >= 15 is 0 Å². The van der Waals surface area contributed by atoms with Crippen LogP contribution in [-0.4, -0.2) is 26.0 Å². The van der Waals surface area contributed by atoms with Crippen molar-refractivity contribution in [1.29, 1.82) is 0 Å². The Morgan fingerprint density at radius 1 is 1.50 bits per heavy atom. The summed E-state index contributed by atoms with van der Waals surface area (Å²) in [4.78, 5) is 11.0. The van der Waals surface area contributed by atoms with Gasteiger partial charge in [0.05, 0.1) is 18.9 Å². The fourth-order valence-electron chi connectivity index (χ4n) is 0.770. The number of carbonyl (C=O) groups is 1. The second-order valence-corrected chi connectivity index (χ2v) is 3.45. The van der Waals surface area contributed by atoms with Gasteiger partial charge in [0, 0.05) is 0 Å². The van der Waals surface area contributed by atoms with Crippen LogP contribution in [-0.2, 0) is 24.1 Å². The molecule has 0 saturated carbocycles. The van der Waals surface area contributed by atoms with Gasteiger partial charge in [-0.2, -0.15) is 8.42 Å². The van der Waals surface area contributed by atoms with Crippen molar-refractivity contribution in [3.63, 3.8) is 0 Å². The summed E-state index contributed by atoms with van der Waals surface area (Å²) in [6.45, 7) is 1.80. The van der Waals surface area contributed by atoms with Crippen LogP contribution >= 0.6 is 0 Å². The Labute approximate surface area is 82.5 Å². The second-order valence-electron chi connectivity index (χ2n) is 2.43. The second kappa shape index (κ2) is 5.61. The molecule has 0 rings (SSSR count). The van der Waals surface area contributed by atoms with E-state index in [0.717, 1.165) is 6.26 Å². The maximum Gasteiger partial charge on any atom is 0.449 e. The van der Waals surface area contributed by atoms with Gasteiger partial charge in [0.1, 0.15) is 0 Å². The van der Waals surface area contributed by atoms with E-state index in [1.54, 1.807) is 6.92 Å². The minimum Gasteiger partial charge on any atom is -0.504 e. The van der Waals surface area contributed by atoms with Gasteiger partial charge in [-0.1, -0.05) is 13.3 Å². The molecule has 0 bridgehead atoms. The number of hydrogen-bond acceptors (Lipinski definition) is 5. The Hall–Kier alpha value is -1.08. The van der Waals surface area contributed by atoms with Crippen molar-refractivity contribution in [2.24, 2.45) is 0 Å². The first-order valence-corrected chi connectivity index (χ1v) is 5.20. The van der Waals surface area contributed by atoms with Crippen molar-refractivity contribution >= 4 is 16.4 Å². The Bertz CT molecular complexity index is 315. The van der Waals surface area contributed by atoms with E-state index in [4.69, 9.17) is 4.55 Å². The molecule has 1 N–H and O–H groups in total. The van der Waals surface area contributed by atoms with E-state index in [2.05, 4.69) is 8.92 Å². The number of hydrogen-bond donors (Lipinski definition) is 1. The third kappa shape index (κ3) is 5.55. The summed E-state index contributed by atoms with van der Waals surface area (Å²) in [5.41, 5.74) is 0.0487. The summed E-state index contributed by atoms with van der Waals surface area (Å²) in [7, 11) is -3.44. The lowest BCUT2D eigenvalue weighted by Gasteiger charge is -2.03. The molecule has 82 valence electrons. The van der Waals surface area contributed by atoms with Gasteiger partial charge in [0.15, 0.2) is 0 Å². The number of carbonyl (C=O) groups excluding carboxylic acids is 1. The summed E-state index contributed by atoms with van der Waals surface area (Å²) in [5, 5.41) is 0. The maximum atomic E-state index is 11.0. The summed E-state index contributed by atoms with van der Waals surface area (Å²) >= 11 is 0. The minimum absolute atomic E-state index is 0.0487. The van der Waals surface area contributed by atoms with E-state index in [1.165, 1.54) is 7.11 Å². The number of methoxy groups -OCH3 is 1. The van der Waals surface area contributed by atoms with Gasteiger partial charge in [-0.3, -0.25) is 4.55 Å². The topological polar surface area (TPSA) is 89.9 Å². The van der Waals surface area contributed by atoms with E-state index in [-0.39, 0.29) is 5.57 Å². The van der Waals surface area contributed by atoms with Crippen LogP contribution in [0.15, 0.2) is 11.8 Å². The molecule has 0 spiro atoms. The highest BCUT2D eigenvalue weighted by molar-refractivity contribution is 7.81. The lowest BCUT2D eigenvalue weighted by atomic mass is 10.2. The van der Waals surface area contributed by atoms with Crippen molar-refractivity contribution in [3.05, 3.63) is 11.8 Å². The van der Waals surface area contributed by atoms with Crippen LogP contribution in [0.4, 0.5) is 0 Å². The Morgan fingerprint density at radius 2 is 2.07 bits per heavy atom. The molecule has 0 fully saturated rings. The Morgan fingerprint density at radius 3 is 2.43 bits per heavy atom. The highest BCUT2D eigenvalue weighted by Crippen LogP contribution is 2.08. The third-order valence-corrected chi connectivity index (χ3v) is 1.58. The van der Waals surface area contributed by atoms with Gasteiger partial charge in [-0.05, 0) is 6.42 Å². The van der Waals surface area contributed by atoms with E-state index < -0.39 is 16.4 Å². The predicted octanol–water partition coefficient (Wildman–Crippen LogP) is 0.663. The molecule has 0 heterocycles. The van der Waals surface area contributed by atoms with Gasteiger partial charge in [0.2, 0.25) is 0 Å². The first-order valence-electron chi connectivity index (χ1n) is 3.83. The van der Waals surface area contributed by atoms with Crippen molar-refractivity contribution < 1.29 is 26.7 Å². The van der Waals surface area contributed by atoms with Gasteiger partial charge in [-0.25, -0.2) is 4.79 Å². The number of rotatable bonds is 5. The molecule has 0 aromatic heterocycles. The molecule has 0 unspecified atom stereocenters. The summed E-state index contributed by atoms with van der Waals surface area (Å²) in [6, 6.07) is 0. The highest BCUT2D eigenvalue weighted by Gasteiger charge is 2.17. The average molecular weight is 224 g/mol. The largest absolute Gasteiger partial charge is 0.504 e. The minimum atomic E-state index is -4.75. The van der Waals surface area contributed by atoms with Gasteiger partial charge >= 0.3 is 16.4 Å². The van der Waals surface area contributed by atoms with E-state index in [9.17, 15) is 13.2 Å². The van der Waals surface area contributed by atoms with Crippen LogP contribution in [0.25, 0.3) is 0 Å². The quantitative estimate of drug-likeness (QED) is 0.419. The zero-order chi connectivity index (χ0) is 11.2. The highest BCUT2D eigenvalue weighted by atomic mass is 32.3. The fraction of sp³-hybridized carbons (Fsp3) is 0.571. The summed E-state index contributed by atoms with van der Waals surface area (Å²) < 4.78 is 36.9. The van der Waals surface area contributed by atoms with Crippen molar-refractivity contribution in [3.8, 4) is 0 Å². The van der Waals surface area contributed by atoms with Crippen LogP contribution in [0.2, 0.25) is 0 Å². The molecular formula is C7H12O6S.